The normalized spacial score (nSPS) is 13.2. The van der Waals surface area contributed by atoms with Gasteiger partial charge >= 0.3 is 0 Å². The molecule has 1 rings (SSSR count). The molecule has 0 aliphatic heterocycles. The van der Waals surface area contributed by atoms with Crippen LogP contribution in [0.25, 0.3) is 0 Å². The van der Waals surface area contributed by atoms with Crippen LogP contribution in [0.15, 0.2) is 16.6 Å². The monoisotopic (exact) mass is 307 g/mol. The topological polar surface area (TPSA) is 12.0 Å². The van der Waals surface area contributed by atoms with Crippen LogP contribution in [0.3, 0.4) is 0 Å². The second kappa shape index (κ2) is 5.99. The van der Waals surface area contributed by atoms with Crippen LogP contribution in [-0.2, 0) is 0 Å². The summed E-state index contributed by atoms with van der Waals surface area (Å²) in [7, 11) is 1.84. The van der Waals surface area contributed by atoms with Gasteiger partial charge in [-0.05, 0) is 47.4 Å². The Balaban J connectivity index is 3.05. The first-order chi connectivity index (χ1) is 7.45. The summed E-state index contributed by atoms with van der Waals surface area (Å²) in [6.07, 6.45) is 0.880. The van der Waals surface area contributed by atoms with E-state index in [-0.39, 0.29) is 11.9 Å². The van der Waals surface area contributed by atoms with Crippen LogP contribution in [-0.4, -0.2) is 7.05 Å². The summed E-state index contributed by atoms with van der Waals surface area (Å²) >= 11 is 9.19. The summed E-state index contributed by atoms with van der Waals surface area (Å²) in [4.78, 5) is 0. The Hall–Kier alpha value is -0.120. The molecule has 4 heteroatoms. The molecule has 0 fully saturated rings. The molecule has 1 aromatic carbocycles. The Morgan fingerprint density at radius 2 is 2.06 bits per heavy atom. The summed E-state index contributed by atoms with van der Waals surface area (Å²) in [5.41, 5.74) is 0.629. The van der Waals surface area contributed by atoms with Crippen molar-refractivity contribution in [1.29, 1.82) is 0 Å². The van der Waals surface area contributed by atoms with Gasteiger partial charge in [0.05, 0.1) is 5.02 Å². The first-order valence-corrected chi connectivity index (χ1v) is 6.44. The number of halogens is 3. The van der Waals surface area contributed by atoms with Gasteiger partial charge in [0.15, 0.2) is 0 Å². The van der Waals surface area contributed by atoms with Crippen molar-refractivity contribution in [3.05, 3.63) is 33.0 Å². The Morgan fingerprint density at radius 1 is 1.44 bits per heavy atom. The van der Waals surface area contributed by atoms with Crippen molar-refractivity contribution in [2.45, 2.75) is 26.3 Å². The lowest BCUT2D eigenvalue weighted by Gasteiger charge is -2.20. The molecule has 0 aliphatic carbocycles. The van der Waals surface area contributed by atoms with Crippen molar-refractivity contribution in [2.24, 2.45) is 5.92 Å². The minimum atomic E-state index is -0.226. The van der Waals surface area contributed by atoms with Crippen molar-refractivity contribution < 1.29 is 4.39 Å². The quantitative estimate of drug-likeness (QED) is 0.805. The van der Waals surface area contributed by atoms with Gasteiger partial charge in [-0.15, -0.1) is 0 Å². The number of benzene rings is 1. The minimum Gasteiger partial charge on any atom is -0.313 e. The first-order valence-electron chi connectivity index (χ1n) is 5.27. The highest BCUT2D eigenvalue weighted by atomic mass is 79.9. The molecule has 0 aromatic heterocycles. The first kappa shape index (κ1) is 13.9. The molecule has 0 bridgehead atoms. The Kier molecular flexibility index (Phi) is 5.22. The van der Waals surface area contributed by atoms with Crippen LogP contribution in [0.4, 0.5) is 4.39 Å². The maximum Gasteiger partial charge on any atom is 0.129 e. The standard InChI is InChI=1S/C12H16BrClFN/c1-7(2)4-12(16-3)8-5-10(14)9(13)6-11(8)15/h5-7,12,16H,4H2,1-3H3. The van der Waals surface area contributed by atoms with E-state index in [9.17, 15) is 4.39 Å². The van der Waals surface area contributed by atoms with Crippen LogP contribution in [0.1, 0.15) is 31.9 Å². The lowest BCUT2D eigenvalue weighted by atomic mass is 9.97. The molecule has 0 saturated carbocycles. The maximum absolute atomic E-state index is 13.8. The highest BCUT2D eigenvalue weighted by Gasteiger charge is 2.17. The average Bonchev–Trinajstić information content (AvgIpc) is 2.20. The fourth-order valence-electron chi connectivity index (χ4n) is 1.68. The van der Waals surface area contributed by atoms with E-state index in [4.69, 9.17) is 11.6 Å². The van der Waals surface area contributed by atoms with Gasteiger partial charge in [-0.2, -0.15) is 0 Å². The molecule has 1 aromatic rings. The van der Waals surface area contributed by atoms with Crippen molar-refractivity contribution in [2.75, 3.05) is 7.05 Å². The summed E-state index contributed by atoms with van der Waals surface area (Å²) in [5.74, 6) is 0.274. The van der Waals surface area contributed by atoms with Crippen LogP contribution >= 0.6 is 27.5 Å². The molecule has 16 heavy (non-hydrogen) atoms. The SMILES string of the molecule is CNC(CC(C)C)c1cc(Cl)c(Br)cc1F. The van der Waals surface area contributed by atoms with Crippen molar-refractivity contribution >= 4 is 27.5 Å². The summed E-state index contributed by atoms with van der Waals surface area (Å²) in [6, 6.07) is 3.11. The zero-order valence-corrected chi connectivity index (χ0v) is 12.0. The zero-order valence-electron chi connectivity index (χ0n) is 9.65. The van der Waals surface area contributed by atoms with Gasteiger partial charge in [-0.25, -0.2) is 4.39 Å². The fraction of sp³-hybridized carbons (Fsp3) is 0.500. The van der Waals surface area contributed by atoms with Crippen LogP contribution in [0.2, 0.25) is 5.02 Å². The third-order valence-corrected chi connectivity index (χ3v) is 3.67. The van der Waals surface area contributed by atoms with Crippen LogP contribution in [0.5, 0.6) is 0 Å². The van der Waals surface area contributed by atoms with Gasteiger partial charge in [-0.1, -0.05) is 25.4 Å². The second-order valence-electron chi connectivity index (χ2n) is 4.26. The van der Waals surface area contributed by atoms with E-state index in [0.29, 0.717) is 21.0 Å². The molecule has 0 aliphatic rings. The van der Waals surface area contributed by atoms with Gasteiger partial charge in [0.1, 0.15) is 5.82 Å². The number of nitrogens with one attached hydrogen (secondary N) is 1. The minimum absolute atomic E-state index is 0.00519. The summed E-state index contributed by atoms with van der Waals surface area (Å²) < 4.78 is 14.4. The van der Waals surface area contributed by atoms with E-state index in [1.165, 1.54) is 6.07 Å². The smallest absolute Gasteiger partial charge is 0.129 e. The molecule has 0 heterocycles. The van der Waals surface area contributed by atoms with E-state index >= 15 is 0 Å². The van der Waals surface area contributed by atoms with Crippen LogP contribution in [0, 0.1) is 11.7 Å². The highest BCUT2D eigenvalue weighted by molar-refractivity contribution is 9.10. The zero-order chi connectivity index (χ0) is 12.3. The molecule has 1 atom stereocenters. The third-order valence-electron chi connectivity index (χ3n) is 2.47. The lowest BCUT2D eigenvalue weighted by Crippen LogP contribution is -2.19. The summed E-state index contributed by atoms with van der Waals surface area (Å²) in [6.45, 7) is 4.23. The fourth-order valence-corrected chi connectivity index (χ4v) is 2.16. The average molecular weight is 309 g/mol. The number of hydrogen-bond acceptors (Lipinski definition) is 1. The lowest BCUT2D eigenvalue weighted by molar-refractivity contribution is 0.440. The summed E-state index contributed by atoms with van der Waals surface area (Å²) in [5, 5.41) is 3.67. The van der Waals surface area contributed by atoms with E-state index in [1.54, 1.807) is 6.07 Å². The van der Waals surface area contributed by atoms with Crippen molar-refractivity contribution in [3.8, 4) is 0 Å². The van der Waals surface area contributed by atoms with Gasteiger partial charge in [0, 0.05) is 16.1 Å². The molecular formula is C12H16BrClFN. The highest BCUT2D eigenvalue weighted by Crippen LogP contribution is 2.31. The largest absolute Gasteiger partial charge is 0.313 e. The molecular weight excluding hydrogens is 292 g/mol. The Labute approximate surface area is 110 Å². The molecule has 1 nitrogen and oxygen atoms in total. The predicted molar refractivity (Wildman–Crippen MR) is 70.4 cm³/mol. The van der Waals surface area contributed by atoms with Crippen molar-refractivity contribution in [1.82, 2.24) is 5.32 Å². The van der Waals surface area contributed by atoms with E-state index < -0.39 is 0 Å². The van der Waals surface area contributed by atoms with Gasteiger partial charge < -0.3 is 5.32 Å². The maximum atomic E-state index is 13.8. The van der Waals surface area contributed by atoms with Gasteiger partial charge in [0.2, 0.25) is 0 Å². The Bertz CT molecular complexity index is 368. The second-order valence-corrected chi connectivity index (χ2v) is 5.52. The molecule has 0 radical (unpaired) electrons. The molecule has 90 valence electrons. The number of rotatable bonds is 4. The third kappa shape index (κ3) is 3.44. The molecule has 0 saturated heterocycles. The molecule has 1 unspecified atom stereocenters. The van der Waals surface area contributed by atoms with E-state index in [0.717, 1.165) is 6.42 Å². The molecule has 0 amide bonds. The molecule has 1 N–H and O–H groups in total. The predicted octanol–water partition coefficient (Wildman–Crippen LogP) is 4.55. The van der Waals surface area contributed by atoms with Crippen LogP contribution < -0.4 is 5.32 Å². The molecule has 0 spiro atoms. The number of hydrogen-bond donors (Lipinski definition) is 1. The Morgan fingerprint density at radius 3 is 2.56 bits per heavy atom. The van der Waals surface area contributed by atoms with E-state index in [2.05, 4.69) is 35.1 Å². The van der Waals surface area contributed by atoms with Gasteiger partial charge in [-0.3, -0.25) is 0 Å². The van der Waals surface area contributed by atoms with Crippen molar-refractivity contribution in [3.63, 3.8) is 0 Å². The van der Waals surface area contributed by atoms with E-state index in [1.807, 2.05) is 7.05 Å². The van der Waals surface area contributed by atoms with Gasteiger partial charge in [0.25, 0.3) is 0 Å².